The molecule has 0 radical (unpaired) electrons. The summed E-state index contributed by atoms with van der Waals surface area (Å²) < 4.78 is 14.4. The van der Waals surface area contributed by atoms with E-state index in [2.05, 4.69) is 163 Å². The fourth-order valence-electron chi connectivity index (χ4n) is 3.14. The third-order valence-corrected chi connectivity index (χ3v) is 9.12. The van der Waals surface area contributed by atoms with Crippen LogP contribution in [0.2, 0.25) is 0 Å². The molecule has 0 aliphatic carbocycles. The molecule has 0 aromatic heterocycles. The molecule has 0 aromatic carbocycles. The molecular weight excluding hydrogens is 528 g/mol. The molecule has 0 aliphatic heterocycles. The molecule has 0 heteroatoms. The number of rotatable bonds is 8. The lowest BCUT2D eigenvalue weighted by Gasteiger charge is -2.34. The van der Waals surface area contributed by atoms with E-state index in [-0.39, 0.29) is 10.8 Å². The second kappa shape index (κ2) is 26.7. The summed E-state index contributed by atoms with van der Waals surface area (Å²) >= 11 is 0. The van der Waals surface area contributed by atoms with Gasteiger partial charge >= 0.3 is 0 Å². The Morgan fingerprint density at radius 2 is 0.705 bits per heavy atom. The number of allylic oxidation sites excluding steroid dienone is 6. The van der Waals surface area contributed by atoms with E-state index >= 15 is 0 Å². The SMILES string of the molecule is C=C(C(C)C)C(C)(C)C(C)C.C=C(C(C)C)C(C)(C)C(C)C.CC(C)C#CC(C)C.[3H]/C(C)=C(/C)C(C)C.[3H]/C(C)=C(\C)C(C)C. The van der Waals surface area contributed by atoms with Crippen molar-refractivity contribution in [3.63, 3.8) is 0 Å². The molecule has 262 valence electrons. The van der Waals surface area contributed by atoms with Gasteiger partial charge in [0, 0.05) is 11.8 Å². The van der Waals surface area contributed by atoms with E-state index in [0.717, 1.165) is 0 Å². The standard InChI is InChI=1S/2C11H22.C8H14.2C7H14/c2*1-8(2)10(5)11(6,7)9(3)4;1-7(2)5-6-8(3)4;2*1-5-7(4)6(2)3/h2*8-9H,5H2,1-4,6-7H3;7-8H,1-4H3;2*5-6H,1-4H3/b;;;7-5+;7-5-/i;;;2*5T. The Bertz CT molecular complexity index is 862. The third-order valence-electron chi connectivity index (χ3n) is 9.12. The van der Waals surface area contributed by atoms with E-state index in [1.165, 1.54) is 22.3 Å². The highest BCUT2D eigenvalue weighted by Crippen LogP contribution is 2.38. The molecule has 0 saturated heterocycles. The van der Waals surface area contributed by atoms with Crippen molar-refractivity contribution in [1.82, 2.24) is 0 Å². The minimum Gasteiger partial charge on any atom is -0.100 e. The van der Waals surface area contributed by atoms with Crippen LogP contribution in [0.1, 0.15) is 169 Å². The Labute approximate surface area is 286 Å². The number of hydrogen-bond donors (Lipinski definition) is 0. The van der Waals surface area contributed by atoms with Crippen molar-refractivity contribution >= 4 is 0 Å². The fourth-order valence-corrected chi connectivity index (χ4v) is 3.14. The molecule has 0 nitrogen and oxygen atoms in total. The van der Waals surface area contributed by atoms with Crippen LogP contribution >= 0.6 is 0 Å². The van der Waals surface area contributed by atoms with Gasteiger partial charge in [0.15, 0.2) is 0 Å². The van der Waals surface area contributed by atoms with Crippen LogP contribution in [0.3, 0.4) is 0 Å². The molecule has 0 unspecified atom stereocenters. The summed E-state index contributed by atoms with van der Waals surface area (Å²) in [6, 6.07) is 1.42. The van der Waals surface area contributed by atoms with Crippen molar-refractivity contribution < 1.29 is 2.74 Å². The third kappa shape index (κ3) is 28.0. The van der Waals surface area contributed by atoms with Crippen LogP contribution < -0.4 is 0 Å². The lowest BCUT2D eigenvalue weighted by atomic mass is 9.72. The summed E-state index contributed by atoms with van der Waals surface area (Å²) in [6.07, 6.45) is 0. The van der Waals surface area contributed by atoms with E-state index in [1.807, 2.05) is 27.7 Å². The van der Waals surface area contributed by atoms with Gasteiger partial charge in [0.1, 0.15) is 0 Å². The summed E-state index contributed by atoms with van der Waals surface area (Å²) in [4.78, 5) is 0. The molecule has 0 amide bonds. The van der Waals surface area contributed by atoms with Gasteiger partial charge in [-0.05, 0) is 74.0 Å². The molecular formula is C44H86. The van der Waals surface area contributed by atoms with Gasteiger partial charge in [0.25, 0.3) is 0 Å². The minimum absolute atomic E-state index is 0.286. The summed E-state index contributed by atoms with van der Waals surface area (Å²) in [6.45, 7) is 59.8. The van der Waals surface area contributed by atoms with E-state index in [0.29, 0.717) is 59.4 Å². The predicted octanol–water partition coefficient (Wildman–Crippen LogP) is 15.3. The monoisotopic (exact) mass is 619 g/mol. The first-order valence-corrected chi connectivity index (χ1v) is 17.5. The Balaban J connectivity index is -0.000000154. The molecule has 0 fully saturated rings. The van der Waals surface area contributed by atoms with Crippen LogP contribution in [0, 0.1) is 70.0 Å². The zero-order valence-corrected chi connectivity index (χ0v) is 35.0. The van der Waals surface area contributed by atoms with Crippen LogP contribution in [0.4, 0.5) is 0 Å². The van der Waals surface area contributed by atoms with Gasteiger partial charge < -0.3 is 0 Å². The van der Waals surface area contributed by atoms with Gasteiger partial charge in [0.05, 0.1) is 2.74 Å². The van der Waals surface area contributed by atoms with Crippen LogP contribution in [0.25, 0.3) is 0 Å². The minimum atomic E-state index is 0.286. The van der Waals surface area contributed by atoms with Crippen molar-refractivity contribution in [2.75, 3.05) is 0 Å². The van der Waals surface area contributed by atoms with Crippen molar-refractivity contribution in [1.29, 1.82) is 0 Å². The first-order chi connectivity index (χ1) is 20.3. The first-order valence-electron chi connectivity index (χ1n) is 18.5. The largest absolute Gasteiger partial charge is 0.100 e. The van der Waals surface area contributed by atoms with E-state index in [4.69, 9.17) is 2.74 Å². The van der Waals surface area contributed by atoms with Crippen molar-refractivity contribution in [2.45, 2.75) is 166 Å². The quantitative estimate of drug-likeness (QED) is 0.187. The Morgan fingerprint density at radius 3 is 0.750 bits per heavy atom. The van der Waals surface area contributed by atoms with Crippen LogP contribution in [0.15, 0.2) is 47.6 Å². The Kier molecular flexibility index (Phi) is 28.5. The molecule has 0 spiro atoms. The highest BCUT2D eigenvalue weighted by Gasteiger charge is 2.27. The molecule has 0 N–H and O–H groups in total. The molecule has 0 bridgehead atoms. The van der Waals surface area contributed by atoms with Crippen LogP contribution in [0.5, 0.6) is 0 Å². The smallest absolute Gasteiger partial charge is 0.0572 e. The van der Waals surface area contributed by atoms with Gasteiger partial charge in [-0.25, -0.2) is 0 Å². The molecule has 0 rings (SSSR count). The van der Waals surface area contributed by atoms with E-state index < -0.39 is 0 Å². The summed E-state index contributed by atoms with van der Waals surface area (Å²) in [5.41, 5.74) is 5.68. The topological polar surface area (TPSA) is 0 Å². The fraction of sp³-hybridized carbons (Fsp3) is 0.773. The summed E-state index contributed by atoms with van der Waals surface area (Å²) in [5.74, 6) is 10.9. The maximum absolute atomic E-state index is 7.19. The molecule has 0 saturated carbocycles. The van der Waals surface area contributed by atoms with Gasteiger partial charge in [-0.3, -0.25) is 0 Å². The highest BCUT2D eigenvalue weighted by atomic mass is 14.3. The molecule has 44 heavy (non-hydrogen) atoms. The molecule has 0 aliphatic rings. The van der Waals surface area contributed by atoms with Crippen LogP contribution in [-0.2, 0) is 0 Å². The second-order valence-electron chi connectivity index (χ2n) is 15.9. The van der Waals surface area contributed by atoms with Crippen LogP contribution in [-0.4, -0.2) is 0 Å². The Hall–Kier alpha value is -1.48. The Morgan fingerprint density at radius 1 is 0.500 bits per heavy atom. The van der Waals surface area contributed by atoms with Crippen molar-refractivity contribution in [3.8, 4) is 11.8 Å². The average Bonchev–Trinajstić information content (AvgIpc) is 2.90. The lowest BCUT2D eigenvalue weighted by molar-refractivity contribution is 0.288. The van der Waals surface area contributed by atoms with Gasteiger partial charge in [-0.1, -0.05) is 186 Å². The first kappa shape index (κ1) is 46.9. The average molecular weight is 619 g/mol. The maximum Gasteiger partial charge on any atom is 0.0572 e. The van der Waals surface area contributed by atoms with Crippen molar-refractivity contribution in [2.24, 2.45) is 58.2 Å². The van der Waals surface area contributed by atoms with E-state index in [1.54, 1.807) is 0 Å². The second-order valence-corrected chi connectivity index (χ2v) is 15.9. The normalized spacial score (nSPS) is 13.3. The van der Waals surface area contributed by atoms with Gasteiger partial charge in [-0.2, -0.15) is 0 Å². The summed E-state index contributed by atoms with van der Waals surface area (Å²) in [7, 11) is 0. The van der Waals surface area contributed by atoms with Gasteiger partial charge in [-0.15, -0.1) is 11.8 Å². The zero-order chi connectivity index (χ0) is 38.5. The highest BCUT2D eigenvalue weighted by molar-refractivity contribution is 5.11. The predicted molar refractivity (Wildman–Crippen MR) is 211 cm³/mol. The van der Waals surface area contributed by atoms with Gasteiger partial charge in [0.2, 0.25) is 0 Å². The molecule has 0 heterocycles. The molecule has 0 aromatic rings. The lowest BCUT2D eigenvalue weighted by Crippen LogP contribution is -2.24. The van der Waals surface area contributed by atoms with E-state index in [9.17, 15) is 0 Å². The molecule has 0 atom stereocenters. The maximum atomic E-state index is 7.19. The summed E-state index contributed by atoms with van der Waals surface area (Å²) in [5, 5.41) is 0. The number of hydrogen-bond acceptors (Lipinski definition) is 0. The van der Waals surface area contributed by atoms with Crippen molar-refractivity contribution in [3.05, 3.63) is 47.6 Å². The zero-order valence-electron chi connectivity index (χ0n) is 37.0.